The maximum atomic E-state index is 4.83. The maximum absolute atomic E-state index is 4.83. The van der Waals surface area contributed by atoms with Crippen LogP contribution in [0.25, 0.3) is 77.6 Å². The molecule has 0 atom stereocenters. The molecule has 0 unspecified atom stereocenters. The Morgan fingerprint density at radius 1 is 0.358 bits per heavy atom. The van der Waals surface area contributed by atoms with E-state index in [-0.39, 0.29) is 0 Å². The fraction of sp³-hybridized carbons (Fsp3) is 0. The van der Waals surface area contributed by atoms with Gasteiger partial charge in [-0.1, -0.05) is 121 Å². The highest BCUT2D eigenvalue weighted by molar-refractivity contribution is 6.14. The van der Waals surface area contributed by atoms with Gasteiger partial charge in [0.2, 0.25) is 0 Å². The van der Waals surface area contributed by atoms with Gasteiger partial charge in [0, 0.05) is 56.0 Å². The summed E-state index contributed by atoms with van der Waals surface area (Å²) in [5, 5.41) is 3.68. The van der Waals surface area contributed by atoms with E-state index in [1.54, 1.807) is 0 Å². The Bertz CT molecular complexity index is 2950. The van der Waals surface area contributed by atoms with Crippen molar-refractivity contribution in [2.45, 2.75) is 0 Å². The van der Waals surface area contributed by atoms with E-state index in [1.165, 1.54) is 49.6 Å². The molecule has 0 radical (unpaired) electrons. The van der Waals surface area contributed by atoms with Gasteiger partial charge in [0.1, 0.15) is 0 Å². The summed E-state index contributed by atoms with van der Waals surface area (Å²) >= 11 is 0. The van der Waals surface area contributed by atoms with E-state index in [9.17, 15) is 0 Å². The molecule has 10 aromatic rings. The summed E-state index contributed by atoms with van der Waals surface area (Å²) in [5.41, 5.74) is 16.1. The molecule has 11 rings (SSSR count). The highest BCUT2D eigenvalue weighted by Gasteiger charge is 2.31. The standard InChI is InChI=1S/C49H32N4/c1-3-15-35(16-4-1)51-45-25-13-9-21-40(45)48-41-28-27-33(30-47(41)53(36-17-5-2-6-18-36)49(48)42-22-10-14-26-46(42)51)34-29-37(32-50-31-34)52-43-23-11-7-19-38(43)39-20-8-12-24-44(39)52/h1-32H. The lowest BCUT2D eigenvalue weighted by atomic mass is 9.97. The number of nitrogens with zero attached hydrogens (tertiary/aromatic N) is 4. The average molecular weight is 677 g/mol. The quantitative estimate of drug-likeness (QED) is 0.185. The van der Waals surface area contributed by atoms with Crippen molar-refractivity contribution >= 4 is 49.8 Å². The van der Waals surface area contributed by atoms with E-state index in [0.717, 1.165) is 45.1 Å². The first-order valence-electron chi connectivity index (χ1n) is 18.1. The van der Waals surface area contributed by atoms with Crippen LogP contribution in [-0.2, 0) is 0 Å². The maximum Gasteiger partial charge on any atom is 0.0651 e. The van der Waals surface area contributed by atoms with E-state index in [4.69, 9.17) is 4.98 Å². The molecule has 0 N–H and O–H groups in total. The number of hydrogen-bond donors (Lipinski definition) is 0. The molecular weight excluding hydrogens is 645 g/mol. The normalized spacial score (nSPS) is 12.1. The molecule has 7 aromatic carbocycles. The minimum absolute atomic E-state index is 1.04. The van der Waals surface area contributed by atoms with Crippen molar-refractivity contribution in [3.05, 3.63) is 194 Å². The first kappa shape index (κ1) is 29.5. The van der Waals surface area contributed by atoms with Gasteiger partial charge < -0.3 is 14.0 Å². The second kappa shape index (κ2) is 11.7. The lowest BCUT2D eigenvalue weighted by molar-refractivity contribution is 1.13. The van der Waals surface area contributed by atoms with Crippen LogP contribution >= 0.6 is 0 Å². The lowest BCUT2D eigenvalue weighted by Gasteiger charge is -2.27. The number of anilines is 3. The highest BCUT2D eigenvalue weighted by atomic mass is 15.2. The second-order valence-electron chi connectivity index (χ2n) is 13.6. The van der Waals surface area contributed by atoms with Crippen molar-refractivity contribution in [1.82, 2.24) is 14.1 Å². The predicted molar refractivity (Wildman–Crippen MR) is 220 cm³/mol. The van der Waals surface area contributed by atoms with Crippen molar-refractivity contribution in [3.63, 3.8) is 0 Å². The predicted octanol–water partition coefficient (Wildman–Crippen LogP) is 12.9. The Balaban J connectivity index is 1.18. The molecule has 0 spiro atoms. The van der Waals surface area contributed by atoms with Crippen LogP contribution < -0.4 is 4.90 Å². The van der Waals surface area contributed by atoms with Gasteiger partial charge in [-0.3, -0.25) is 4.98 Å². The SMILES string of the molecule is c1ccc(N2c3ccccc3-c3c(n(-c4ccccc4)c4cc(-c5cncc(-n6c7ccccc7c7ccccc76)c5)ccc34)-c3ccccc32)cc1. The summed E-state index contributed by atoms with van der Waals surface area (Å²) in [6.07, 6.45) is 3.96. The number of rotatable bonds is 4. The molecule has 1 aliphatic rings. The first-order valence-corrected chi connectivity index (χ1v) is 18.1. The van der Waals surface area contributed by atoms with Crippen LogP contribution in [0.3, 0.4) is 0 Å². The van der Waals surface area contributed by atoms with Gasteiger partial charge in [-0.25, -0.2) is 0 Å². The van der Waals surface area contributed by atoms with Gasteiger partial charge in [-0.2, -0.15) is 0 Å². The number of para-hydroxylation sites is 6. The van der Waals surface area contributed by atoms with Crippen LogP contribution in [0.5, 0.6) is 0 Å². The van der Waals surface area contributed by atoms with Crippen molar-refractivity contribution in [2.24, 2.45) is 0 Å². The summed E-state index contributed by atoms with van der Waals surface area (Å²) in [7, 11) is 0. The summed E-state index contributed by atoms with van der Waals surface area (Å²) in [5.74, 6) is 0. The highest BCUT2D eigenvalue weighted by Crippen LogP contribution is 2.54. The van der Waals surface area contributed by atoms with Crippen LogP contribution in [-0.4, -0.2) is 14.1 Å². The Hall–Kier alpha value is -7.17. The monoisotopic (exact) mass is 676 g/mol. The summed E-state index contributed by atoms with van der Waals surface area (Å²) in [6, 6.07) is 65.6. The van der Waals surface area contributed by atoms with Crippen LogP contribution in [0, 0.1) is 0 Å². The smallest absolute Gasteiger partial charge is 0.0651 e. The number of hydrogen-bond acceptors (Lipinski definition) is 2. The largest absolute Gasteiger partial charge is 0.309 e. The minimum atomic E-state index is 1.04. The van der Waals surface area contributed by atoms with Crippen molar-refractivity contribution in [1.29, 1.82) is 0 Å². The topological polar surface area (TPSA) is 26.0 Å². The van der Waals surface area contributed by atoms with Crippen LogP contribution in [0.15, 0.2) is 194 Å². The van der Waals surface area contributed by atoms with Gasteiger partial charge in [0.25, 0.3) is 0 Å². The van der Waals surface area contributed by atoms with E-state index >= 15 is 0 Å². The van der Waals surface area contributed by atoms with Crippen molar-refractivity contribution in [3.8, 4) is 44.9 Å². The van der Waals surface area contributed by atoms with Gasteiger partial charge in [-0.05, 0) is 66.2 Å². The molecule has 53 heavy (non-hydrogen) atoms. The van der Waals surface area contributed by atoms with E-state index in [2.05, 4.69) is 196 Å². The lowest BCUT2D eigenvalue weighted by Crippen LogP contribution is -2.11. The molecule has 0 amide bonds. The fourth-order valence-electron chi connectivity index (χ4n) is 8.48. The molecule has 4 nitrogen and oxygen atoms in total. The molecule has 0 aliphatic carbocycles. The van der Waals surface area contributed by atoms with Gasteiger partial charge in [0.15, 0.2) is 0 Å². The molecule has 248 valence electrons. The summed E-state index contributed by atoms with van der Waals surface area (Å²) < 4.78 is 4.80. The molecule has 3 aromatic heterocycles. The Labute approximate surface area is 307 Å². The number of aromatic nitrogens is 3. The zero-order valence-electron chi connectivity index (χ0n) is 28.8. The molecule has 0 saturated heterocycles. The molecule has 0 bridgehead atoms. The molecular formula is C49H32N4. The third-order valence-corrected chi connectivity index (χ3v) is 10.7. The molecule has 0 fully saturated rings. The van der Waals surface area contributed by atoms with Crippen molar-refractivity contribution < 1.29 is 0 Å². The van der Waals surface area contributed by atoms with Crippen LogP contribution in [0.4, 0.5) is 17.1 Å². The zero-order valence-corrected chi connectivity index (χ0v) is 28.8. The number of fused-ring (bicyclic) bond motifs is 10. The van der Waals surface area contributed by atoms with E-state index in [0.29, 0.717) is 0 Å². The number of benzene rings is 7. The summed E-state index contributed by atoms with van der Waals surface area (Å²) in [4.78, 5) is 7.24. The molecule has 0 saturated carbocycles. The van der Waals surface area contributed by atoms with Crippen LogP contribution in [0.2, 0.25) is 0 Å². The van der Waals surface area contributed by atoms with Gasteiger partial charge in [0.05, 0.1) is 45.5 Å². The molecule has 4 heterocycles. The first-order chi connectivity index (χ1) is 26.3. The minimum Gasteiger partial charge on any atom is -0.309 e. The molecule has 1 aliphatic heterocycles. The van der Waals surface area contributed by atoms with Gasteiger partial charge in [-0.15, -0.1) is 0 Å². The Morgan fingerprint density at radius 3 is 1.66 bits per heavy atom. The third kappa shape index (κ3) is 4.46. The summed E-state index contributed by atoms with van der Waals surface area (Å²) in [6.45, 7) is 0. The zero-order chi connectivity index (χ0) is 34.9. The fourth-order valence-corrected chi connectivity index (χ4v) is 8.48. The van der Waals surface area contributed by atoms with Gasteiger partial charge >= 0.3 is 0 Å². The number of pyridine rings is 1. The van der Waals surface area contributed by atoms with E-state index in [1.807, 2.05) is 12.4 Å². The second-order valence-corrected chi connectivity index (χ2v) is 13.6. The molecule has 4 heteroatoms. The Morgan fingerprint density at radius 2 is 0.943 bits per heavy atom. The Kier molecular flexibility index (Phi) is 6.52. The van der Waals surface area contributed by atoms with Crippen LogP contribution in [0.1, 0.15) is 0 Å². The third-order valence-electron chi connectivity index (χ3n) is 10.7. The average Bonchev–Trinajstić information content (AvgIpc) is 3.71. The van der Waals surface area contributed by atoms with E-state index < -0.39 is 0 Å². The van der Waals surface area contributed by atoms with Crippen molar-refractivity contribution in [2.75, 3.05) is 4.90 Å².